The fraction of sp³-hybridized carbons (Fsp3) is 0.333. The first kappa shape index (κ1) is 24.0. The van der Waals surface area contributed by atoms with Crippen LogP contribution in [0.3, 0.4) is 0 Å². The maximum atomic E-state index is 11.8. The second-order valence-corrected chi connectivity index (χ2v) is 10.7. The lowest BCUT2D eigenvalue weighted by molar-refractivity contribution is 0.100. The normalized spacial score (nSPS) is 11.9. The Morgan fingerprint density at radius 2 is 1.27 bits per heavy atom. The van der Waals surface area contributed by atoms with Crippen molar-refractivity contribution >= 4 is 41.7 Å². The summed E-state index contributed by atoms with van der Waals surface area (Å²) >= 11 is 0. The van der Waals surface area contributed by atoms with Gasteiger partial charge in [0, 0.05) is 18.1 Å². The van der Waals surface area contributed by atoms with Crippen molar-refractivity contribution in [2.75, 3.05) is 18.8 Å². The van der Waals surface area contributed by atoms with E-state index < -0.39 is 46.6 Å². The lowest BCUT2D eigenvalue weighted by Crippen LogP contribution is -2.24. The number of aliphatic imine (C=N–C) groups is 1. The number of aryl methyl sites for hydroxylation is 1. The van der Waals surface area contributed by atoms with Crippen molar-refractivity contribution in [1.29, 1.82) is 0 Å². The highest BCUT2D eigenvalue weighted by atomic mass is 32.2. The van der Waals surface area contributed by atoms with Gasteiger partial charge in [-0.2, -0.15) is 13.4 Å². The van der Waals surface area contributed by atoms with E-state index in [1.54, 1.807) is 0 Å². The highest BCUT2D eigenvalue weighted by Crippen LogP contribution is 2.25. The van der Waals surface area contributed by atoms with Crippen LogP contribution in [0.15, 0.2) is 26.9 Å². The number of sulfone groups is 2. The molecule has 0 radical (unpaired) electrons. The Bertz CT molecular complexity index is 1040. The summed E-state index contributed by atoms with van der Waals surface area (Å²) in [6.07, 6.45) is 2.45. The molecule has 0 aliphatic heterocycles. The Morgan fingerprint density at radius 3 is 1.58 bits per heavy atom. The fourth-order valence-corrected chi connectivity index (χ4v) is 4.13. The van der Waals surface area contributed by atoms with Crippen LogP contribution < -0.4 is 11.5 Å². The van der Waals surface area contributed by atoms with Crippen LogP contribution in [-0.4, -0.2) is 60.4 Å². The van der Waals surface area contributed by atoms with Crippen molar-refractivity contribution in [1.82, 2.24) is 0 Å². The Morgan fingerprint density at radius 1 is 0.923 bits per heavy atom. The van der Waals surface area contributed by atoms with Gasteiger partial charge in [-0.25, -0.2) is 16.8 Å². The molecular formula is C12H19N3O8S3. The third-order valence-electron chi connectivity index (χ3n) is 2.55. The maximum absolute atomic E-state index is 11.8. The number of hydrogen-bond acceptors (Lipinski definition) is 7. The molecule has 1 rings (SSSR count). The minimum absolute atomic E-state index is 0.0868. The maximum Gasteiger partial charge on any atom is 0.280 e. The van der Waals surface area contributed by atoms with Gasteiger partial charge in [-0.15, -0.1) is 0 Å². The zero-order valence-electron chi connectivity index (χ0n) is 14.3. The predicted molar refractivity (Wildman–Crippen MR) is 95.0 cm³/mol. The Hall–Kier alpha value is -2.03. The molecule has 148 valence electrons. The van der Waals surface area contributed by atoms with Crippen LogP contribution in [0.4, 0.5) is 0 Å². The number of guanidine groups is 1. The lowest BCUT2D eigenvalue weighted by Gasteiger charge is -2.10. The summed E-state index contributed by atoms with van der Waals surface area (Å²) in [6.45, 7) is 1.45. The second-order valence-electron chi connectivity index (χ2n) is 5.23. The molecule has 1 aromatic carbocycles. The van der Waals surface area contributed by atoms with E-state index in [0.29, 0.717) is 6.26 Å². The van der Waals surface area contributed by atoms with E-state index in [4.69, 9.17) is 16.0 Å². The average Bonchev–Trinajstić information content (AvgIpc) is 2.32. The van der Waals surface area contributed by atoms with Crippen LogP contribution in [-0.2, 0) is 29.8 Å². The smallest absolute Gasteiger partial charge is 0.280 e. The largest absolute Gasteiger partial charge is 0.370 e. The number of rotatable bonds is 3. The molecule has 0 fully saturated rings. The molecular weight excluding hydrogens is 410 g/mol. The summed E-state index contributed by atoms with van der Waals surface area (Å²) in [6, 6.07) is 2.08. The molecule has 14 heteroatoms. The van der Waals surface area contributed by atoms with Crippen LogP contribution >= 0.6 is 0 Å². The van der Waals surface area contributed by atoms with Crippen molar-refractivity contribution < 1.29 is 34.6 Å². The summed E-state index contributed by atoms with van der Waals surface area (Å²) in [7, 11) is -11.3. The molecule has 0 unspecified atom stereocenters. The number of carbonyl (C=O) groups is 1. The number of amides is 1. The third kappa shape index (κ3) is 8.37. The van der Waals surface area contributed by atoms with Crippen molar-refractivity contribution in [2.45, 2.75) is 16.7 Å². The summed E-state index contributed by atoms with van der Waals surface area (Å²) in [4.78, 5) is 14.3. The van der Waals surface area contributed by atoms with Gasteiger partial charge in [-0.3, -0.25) is 9.35 Å². The number of carbonyl (C=O) groups excluding carboxylic acids is 1. The van der Waals surface area contributed by atoms with Crippen molar-refractivity contribution in [3.63, 3.8) is 0 Å². The fourth-order valence-electron chi connectivity index (χ4n) is 1.65. The van der Waals surface area contributed by atoms with Crippen LogP contribution in [0.5, 0.6) is 0 Å². The molecule has 0 saturated carbocycles. The van der Waals surface area contributed by atoms with Gasteiger partial charge >= 0.3 is 0 Å². The molecule has 0 aliphatic rings. The first-order valence-corrected chi connectivity index (χ1v) is 12.1. The number of benzene rings is 1. The highest BCUT2D eigenvalue weighted by molar-refractivity contribution is 7.93. The van der Waals surface area contributed by atoms with Gasteiger partial charge in [0.05, 0.1) is 16.0 Å². The van der Waals surface area contributed by atoms with E-state index in [-0.39, 0.29) is 16.0 Å². The SMILES string of the molecule is CS(=O)(=O)O.Cc1cc(S(C)(=O)=O)c(S(C)(=O)=O)cc1C(=O)N=C(N)N. The molecule has 0 spiro atoms. The number of nitrogens with zero attached hydrogens (tertiary/aromatic N) is 1. The molecule has 1 amide bonds. The minimum atomic E-state index is -3.86. The van der Waals surface area contributed by atoms with Crippen LogP contribution in [0.1, 0.15) is 15.9 Å². The van der Waals surface area contributed by atoms with Crippen LogP contribution in [0.2, 0.25) is 0 Å². The molecule has 0 saturated heterocycles. The molecule has 1 aromatic rings. The van der Waals surface area contributed by atoms with Gasteiger partial charge in [0.2, 0.25) is 0 Å². The third-order valence-corrected chi connectivity index (χ3v) is 4.95. The van der Waals surface area contributed by atoms with Crippen molar-refractivity contribution in [3.05, 3.63) is 23.3 Å². The lowest BCUT2D eigenvalue weighted by atomic mass is 10.1. The Balaban J connectivity index is 0.00000110. The first-order chi connectivity index (χ1) is 11.3. The predicted octanol–water partition coefficient (Wildman–Crippen LogP) is -1.28. The Kier molecular flexibility index (Phi) is 7.48. The topological polar surface area (TPSA) is 204 Å². The monoisotopic (exact) mass is 429 g/mol. The zero-order chi connectivity index (χ0) is 21.1. The molecule has 0 atom stereocenters. The molecule has 0 aliphatic carbocycles. The second kappa shape index (κ2) is 8.11. The van der Waals surface area contributed by atoms with Gasteiger partial charge in [0.15, 0.2) is 25.6 Å². The van der Waals surface area contributed by atoms with Crippen LogP contribution in [0.25, 0.3) is 0 Å². The van der Waals surface area contributed by atoms with Gasteiger partial charge in [-0.05, 0) is 24.6 Å². The molecule has 26 heavy (non-hydrogen) atoms. The molecule has 0 heterocycles. The number of hydrogen-bond donors (Lipinski definition) is 3. The molecule has 0 aromatic heterocycles. The van der Waals surface area contributed by atoms with E-state index in [2.05, 4.69) is 4.99 Å². The van der Waals surface area contributed by atoms with Crippen molar-refractivity contribution in [2.24, 2.45) is 16.5 Å². The quantitative estimate of drug-likeness (QED) is 0.295. The molecule has 11 nitrogen and oxygen atoms in total. The van der Waals surface area contributed by atoms with E-state index in [1.807, 2.05) is 0 Å². The van der Waals surface area contributed by atoms with Gasteiger partial charge in [0.25, 0.3) is 16.0 Å². The zero-order valence-corrected chi connectivity index (χ0v) is 16.7. The van der Waals surface area contributed by atoms with Gasteiger partial charge in [0.1, 0.15) is 0 Å². The summed E-state index contributed by atoms with van der Waals surface area (Å²) in [5.74, 6) is -1.33. The summed E-state index contributed by atoms with van der Waals surface area (Å²) < 4.78 is 72.8. The van der Waals surface area contributed by atoms with E-state index in [1.165, 1.54) is 6.92 Å². The van der Waals surface area contributed by atoms with Crippen LogP contribution in [0, 0.1) is 6.92 Å². The average molecular weight is 429 g/mol. The number of nitrogens with two attached hydrogens (primary N) is 2. The minimum Gasteiger partial charge on any atom is -0.370 e. The first-order valence-electron chi connectivity index (χ1n) is 6.45. The van der Waals surface area contributed by atoms with E-state index in [9.17, 15) is 30.0 Å². The van der Waals surface area contributed by atoms with Gasteiger partial charge in [-0.1, -0.05) is 0 Å². The van der Waals surface area contributed by atoms with E-state index >= 15 is 0 Å². The van der Waals surface area contributed by atoms with Crippen molar-refractivity contribution in [3.8, 4) is 0 Å². The standard InChI is InChI=1S/C11H15N3O5S2.CH4O3S/c1-6-4-8(20(2,16)17)9(21(3,18)19)5-7(6)10(15)14-11(12)13;1-5(2,3)4/h4-5H,1-3H3,(H4,12,13,14,15);1H3,(H,2,3,4). The molecule has 5 N–H and O–H groups in total. The Labute approximate surface area is 151 Å². The van der Waals surface area contributed by atoms with Gasteiger partial charge < -0.3 is 11.5 Å². The summed E-state index contributed by atoms with van der Waals surface area (Å²) in [5, 5.41) is 0. The molecule has 0 bridgehead atoms. The summed E-state index contributed by atoms with van der Waals surface area (Å²) in [5.41, 5.74) is 10.4. The van der Waals surface area contributed by atoms with E-state index in [0.717, 1.165) is 24.6 Å². The highest BCUT2D eigenvalue weighted by Gasteiger charge is 2.24.